The minimum atomic E-state index is -0.273. The number of rotatable bonds is 5. The van der Waals surface area contributed by atoms with Gasteiger partial charge in [-0.05, 0) is 31.2 Å². The Morgan fingerprint density at radius 1 is 1.33 bits per heavy atom. The number of aliphatic hydroxyl groups excluding tert-OH is 1. The Balaban J connectivity index is 2.62. The number of hydrogen-bond acceptors (Lipinski definition) is 3. The third-order valence-electron chi connectivity index (χ3n) is 2.17. The second-order valence-corrected chi connectivity index (χ2v) is 5.04. The fraction of sp³-hybridized carbons (Fsp3) is 0.333. The summed E-state index contributed by atoms with van der Waals surface area (Å²) in [6, 6.07) is 6.53. The average molecular weight is 315 g/mol. The molecule has 1 aromatic carbocycles. The summed E-state index contributed by atoms with van der Waals surface area (Å²) >= 11 is 3.16. The lowest BCUT2D eigenvalue weighted by Crippen LogP contribution is -2.26. The Labute approximate surface area is 114 Å². The monoisotopic (exact) mass is 314 g/mol. The number of aliphatic hydroxyl groups is 1. The number of hydrogen-bond donors (Lipinski definition) is 3. The molecule has 1 atom stereocenters. The quantitative estimate of drug-likeness (QED) is 0.713. The number of nitrogens with one attached hydrogen (secondary N) is 2. The van der Waals surface area contributed by atoms with Gasteiger partial charge < -0.3 is 15.7 Å². The molecule has 0 aromatic heterocycles. The molecule has 18 heavy (non-hydrogen) atoms. The van der Waals surface area contributed by atoms with Gasteiger partial charge in [0.1, 0.15) is 0 Å². The number of alkyl halides is 1. The van der Waals surface area contributed by atoms with E-state index >= 15 is 0 Å². The second kappa shape index (κ2) is 7.13. The van der Waals surface area contributed by atoms with Crippen molar-refractivity contribution in [1.82, 2.24) is 5.32 Å². The molecular formula is C12H15BrN2O3. The van der Waals surface area contributed by atoms with Crippen LogP contribution in [-0.4, -0.2) is 34.9 Å². The van der Waals surface area contributed by atoms with E-state index in [1.807, 2.05) is 0 Å². The van der Waals surface area contributed by atoms with Crippen molar-refractivity contribution in [1.29, 1.82) is 0 Å². The molecule has 0 fully saturated rings. The van der Waals surface area contributed by atoms with Crippen LogP contribution in [0.3, 0.4) is 0 Å². The van der Waals surface area contributed by atoms with Crippen molar-refractivity contribution in [3.63, 3.8) is 0 Å². The van der Waals surface area contributed by atoms with Gasteiger partial charge in [0.15, 0.2) is 0 Å². The first-order valence-corrected chi connectivity index (χ1v) is 6.40. The Morgan fingerprint density at radius 3 is 2.44 bits per heavy atom. The van der Waals surface area contributed by atoms with Crippen molar-refractivity contribution in [2.75, 3.05) is 18.5 Å². The normalized spacial score (nSPS) is 11.7. The van der Waals surface area contributed by atoms with Crippen molar-refractivity contribution in [2.24, 2.45) is 0 Å². The molecule has 6 heteroatoms. The Kier molecular flexibility index (Phi) is 5.80. The van der Waals surface area contributed by atoms with Crippen molar-refractivity contribution in [2.45, 2.75) is 11.8 Å². The van der Waals surface area contributed by atoms with Gasteiger partial charge in [0.2, 0.25) is 5.91 Å². The maximum atomic E-state index is 11.5. The smallest absolute Gasteiger partial charge is 0.251 e. The van der Waals surface area contributed by atoms with Gasteiger partial charge in [-0.2, -0.15) is 0 Å². The predicted octanol–water partition coefficient (Wildman–Crippen LogP) is 1.13. The van der Waals surface area contributed by atoms with Gasteiger partial charge in [-0.1, -0.05) is 15.9 Å². The molecule has 0 spiro atoms. The first-order valence-electron chi connectivity index (χ1n) is 5.48. The molecule has 0 aliphatic rings. The molecule has 0 radical (unpaired) electrons. The van der Waals surface area contributed by atoms with Crippen LogP contribution in [0, 0.1) is 0 Å². The lowest BCUT2D eigenvalue weighted by Gasteiger charge is -2.08. The van der Waals surface area contributed by atoms with Crippen molar-refractivity contribution < 1.29 is 14.7 Å². The number of halogens is 1. The van der Waals surface area contributed by atoms with E-state index in [9.17, 15) is 9.59 Å². The summed E-state index contributed by atoms with van der Waals surface area (Å²) < 4.78 is 0. The van der Waals surface area contributed by atoms with Crippen LogP contribution in [0.2, 0.25) is 0 Å². The maximum Gasteiger partial charge on any atom is 0.251 e. The second-order valence-electron chi connectivity index (χ2n) is 3.66. The molecule has 0 aliphatic carbocycles. The van der Waals surface area contributed by atoms with Crippen molar-refractivity contribution >= 4 is 33.4 Å². The zero-order chi connectivity index (χ0) is 13.5. The number of carbonyl (C=O) groups is 2. The molecule has 0 aliphatic heterocycles. The largest absolute Gasteiger partial charge is 0.395 e. The van der Waals surface area contributed by atoms with E-state index in [2.05, 4.69) is 26.6 Å². The van der Waals surface area contributed by atoms with E-state index in [-0.39, 0.29) is 29.8 Å². The summed E-state index contributed by atoms with van der Waals surface area (Å²) in [4.78, 5) is 22.7. The molecule has 0 bridgehead atoms. The molecule has 5 nitrogen and oxygen atoms in total. The lowest BCUT2D eigenvalue weighted by atomic mass is 10.2. The summed E-state index contributed by atoms with van der Waals surface area (Å²) in [7, 11) is 0. The standard InChI is InChI=1S/C12H15BrN2O3/c1-8(13)11(17)15-10-4-2-9(3-5-10)12(18)14-6-7-16/h2-5,8,16H,6-7H2,1H3,(H,14,18)(H,15,17). The number of amides is 2. The van der Waals surface area contributed by atoms with Gasteiger partial charge in [-0.3, -0.25) is 9.59 Å². The van der Waals surface area contributed by atoms with E-state index in [1.54, 1.807) is 31.2 Å². The highest BCUT2D eigenvalue weighted by molar-refractivity contribution is 9.10. The topological polar surface area (TPSA) is 78.4 Å². The molecule has 1 unspecified atom stereocenters. The van der Waals surface area contributed by atoms with Crippen LogP contribution in [0.15, 0.2) is 24.3 Å². The molecule has 1 rings (SSSR count). The zero-order valence-electron chi connectivity index (χ0n) is 9.94. The fourth-order valence-electron chi connectivity index (χ4n) is 1.22. The molecular weight excluding hydrogens is 300 g/mol. The highest BCUT2D eigenvalue weighted by atomic mass is 79.9. The first-order chi connectivity index (χ1) is 8.54. The van der Waals surface area contributed by atoms with E-state index in [0.29, 0.717) is 11.3 Å². The average Bonchev–Trinajstić information content (AvgIpc) is 2.36. The number of carbonyl (C=O) groups excluding carboxylic acids is 2. The first kappa shape index (κ1) is 14.7. The molecule has 3 N–H and O–H groups in total. The molecule has 2 amide bonds. The van der Waals surface area contributed by atoms with Crippen LogP contribution in [0.25, 0.3) is 0 Å². The summed E-state index contributed by atoms with van der Waals surface area (Å²) in [5.74, 6) is -0.400. The van der Waals surface area contributed by atoms with E-state index < -0.39 is 0 Å². The van der Waals surface area contributed by atoms with Gasteiger partial charge >= 0.3 is 0 Å². The summed E-state index contributed by atoms with van der Waals surface area (Å²) in [5.41, 5.74) is 1.11. The maximum absolute atomic E-state index is 11.5. The van der Waals surface area contributed by atoms with Gasteiger partial charge in [0.25, 0.3) is 5.91 Å². The zero-order valence-corrected chi connectivity index (χ0v) is 11.5. The highest BCUT2D eigenvalue weighted by Crippen LogP contribution is 2.11. The molecule has 0 heterocycles. The van der Waals surface area contributed by atoms with Gasteiger partial charge in [0.05, 0.1) is 11.4 Å². The van der Waals surface area contributed by atoms with Gasteiger partial charge in [-0.15, -0.1) is 0 Å². The van der Waals surface area contributed by atoms with Gasteiger partial charge in [0, 0.05) is 17.8 Å². The highest BCUT2D eigenvalue weighted by Gasteiger charge is 2.09. The third kappa shape index (κ3) is 4.46. The van der Waals surface area contributed by atoms with Crippen LogP contribution >= 0.6 is 15.9 Å². The summed E-state index contributed by atoms with van der Waals surface area (Å²) in [6.07, 6.45) is 0. The van der Waals surface area contributed by atoms with E-state index in [4.69, 9.17) is 5.11 Å². The summed E-state index contributed by atoms with van der Waals surface area (Å²) in [6.45, 7) is 1.85. The lowest BCUT2D eigenvalue weighted by molar-refractivity contribution is -0.115. The molecule has 0 saturated heterocycles. The Morgan fingerprint density at radius 2 is 1.94 bits per heavy atom. The van der Waals surface area contributed by atoms with Crippen LogP contribution in [0.4, 0.5) is 5.69 Å². The van der Waals surface area contributed by atoms with Crippen LogP contribution < -0.4 is 10.6 Å². The van der Waals surface area contributed by atoms with Gasteiger partial charge in [-0.25, -0.2) is 0 Å². The van der Waals surface area contributed by atoms with Crippen molar-refractivity contribution in [3.05, 3.63) is 29.8 Å². The van der Waals surface area contributed by atoms with Crippen molar-refractivity contribution in [3.8, 4) is 0 Å². The SMILES string of the molecule is CC(Br)C(=O)Nc1ccc(C(=O)NCCO)cc1. The third-order valence-corrected chi connectivity index (χ3v) is 2.59. The number of anilines is 1. The molecule has 98 valence electrons. The predicted molar refractivity (Wildman–Crippen MR) is 72.9 cm³/mol. The van der Waals surface area contributed by atoms with Crippen LogP contribution in [0.1, 0.15) is 17.3 Å². The number of benzene rings is 1. The Hall–Kier alpha value is -1.40. The fourth-order valence-corrected chi connectivity index (χ4v) is 1.33. The Bertz CT molecular complexity index is 418. The van der Waals surface area contributed by atoms with E-state index in [1.165, 1.54) is 0 Å². The van der Waals surface area contributed by atoms with Crippen LogP contribution in [-0.2, 0) is 4.79 Å². The minimum Gasteiger partial charge on any atom is -0.395 e. The minimum absolute atomic E-state index is 0.0942. The summed E-state index contributed by atoms with van der Waals surface area (Å²) in [5, 5.41) is 13.8. The van der Waals surface area contributed by atoms with E-state index in [0.717, 1.165) is 0 Å². The van der Waals surface area contributed by atoms with Crippen LogP contribution in [0.5, 0.6) is 0 Å². The molecule has 0 saturated carbocycles. The molecule has 1 aromatic rings.